The van der Waals surface area contributed by atoms with Gasteiger partial charge in [-0.15, -0.1) is 0 Å². The summed E-state index contributed by atoms with van der Waals surface area (Å²) in [5.41, 5.74) is 1.50. The summed E-state index contributed by atoms with van der Waals surface area (Å²) in [4.78, 5) is 16.7. The molecule has 0 aliphatic carbocycles. The van der Waals surface area contributed by atoms with Crippen LogP contribution in [-0.4, -0.2) is 20.4 Å². The van der Waals surface area contributed by atoms with E-state index >= 15 is 0 Å². The molecule has 3 aromatic rings. The second-order valence-electron chi connectivity index (χ2n) is 4.67. The van der Waals surface area contributed by atoms with Crippen molar-refractivity contribution in [2.24, 2.45) is 0 Å². The summed E-state index contributed by atoms with van der Waals surface area (Å²) in [5.74, 6) is -0.376. The summed E-state index contributed by atoms with van der Waals surface area (Å²) in [7, 11) is 0. The molecule has 0 bridgehead atoms. The van der Waals surface area contributed by atoms with Crippen LogP contribution in [0.5, 0.6) is 0 Å². The zero-order chi connectivity index (χ0) is 14.8. The van der Waals surface area contributed by atoms with Crippen molar-refractivity contribution in [3.05, 3.63) is 66.2 Å². The van der Waals surface area contributed by atoms with E-state index in [4.69, 9.17) is 0 Å². The third-order valence-electron chi connectivity index (χ3n) is 3.18. The van der Waals surface area contributed by atoms with E-state index in [1.54, 1.807) is 6.20 Å². The van der Waals surface area contributed by atoms with Gasteiger partial charge in [0, 0.05) is 11.8 Å². The number of aromatic nitrogens is 2. The van der Waals surface area contributed by atoms with Crippen molar-refractivity contribution >= 4 is 23.1 Å². The van der Waals surface area contributed by atoms with Crippen LogP contribution in [0.1, 0.15) is 17.3 Å². The SMILES string of the molecule is CC(Sc1ncc2ccccn12)C(=O)c1ccc(F)cc1. The Bertz CT molecular complexity index is 782. The molecule has 0 radical (unpaired) electrons. The van der Waals surface area contributed by atoms with Crippen LogP contribution in [0.25, 0.3) is 5.52 Å². The van der Waals surface area contributed by atoms with Gasteiger partial charge in [0.2, 0.25) is 0 Å². The number of benzene rings is 1. The number of fused-ring (bicyclic) bond motifs is 1. The summed E-state index contributed by atoms with van der Waals surface area (Å²) >= 11 is 1.40. The smallest absolute Gasteiger partial charge is 0.175 e. The highest BCUT2D eigenvalue weighted by Gasteiger charge is 2.18. The molecule has 1 atom stereocenters. The van der Waals surface area contributed by atoms with Gasteiger partial charge in [-0.25, -0.2) is 9.37 Å². The Morgan fingerprint density at radius 2 is 2.00 bits per heavy atom. The minimum atomic E-state index is -0.342. The quantitative estimate of drug-likeness (QED) is 0.542. The predicted octanol–water partition coefficient (Wildman–Crippen LogP) is 3.84. The molecular weight excluding hydrogens is 287 g/mol. The van der Waals surface area contributed by atoms with Crippen LogP contribution in [0.4, 0.5) is 4.39 Å². The molecule has 0 aliphatic rings. The maximum absolute atomic E-state index is 12.9. The number of rotatable bonds is 4. The van der Waals surface area contributed by atoms with Gasteiger partial charge in [-0.3, -0.25) is 9.20 Å². The number of Topliss-reactive ketones (excluding diaryl/α,β-unsaturated/α-hetero) is 1. The minimum absolute atomic E-state index is 0.0346. The largest absolute Gasteiger partial charge is 0.295 e. The van der Waals surface area contributed by atoms with Crippen molar-refractivity contribution in [1.82, 2.24) is 9.38 Å². The molecule has 0 saturated carbocycles. The van der Waals surface area contributed by atoms with Gasteiger partial charge < -0.3 is 0 Å². The second-order valence-corrected chi connectivity index (χ2v) is 5.98. The summed E-state index contributed by atoms with van der Waals surface area (Å²) in [5, 5.41) is 0.481. The van der Waals surface area contributed by atoms with Crippen molar-refractivity contribution in [3.63, 3.8) is 0 Å². The number of hydrogen-bond donors (Lipinski definition) is 0. The Labute approximate surface area is 125 Å². The molecule has 0 fully saturated rings. The van der Waals surface area contributed by atoms with Crippen LogP contribution in [0, 0.1) is 5.82 Å². The van der Waals surface area contributed by atoms with Crippen LogP contribution in [0.15, 0.2) is 60.0 Å². The van der Waals surface area contributed by atoms with Gasteiger partial charge >= 0.3 is 0 Å². The number of imidazole rings is 1. The van der Waals surface area contributed by atoms with Gasteiger partial charge in [-0.05, 0) is 43.3 Å². The van der Waals surface area contributed by atoms with E-state index in [-0.39, 0.29) is 16.9 Å². The lowest BCUT2D eigenvalue weighted by Crippen LogP contribution is -2.14. The number of halogens is 1. The van der Waals surface area contributed by atoms with E-state index in [1.165, 1.54) is 36.0 Å². The van der Waals surface area contributed by atoms with E-state index in [9.17, 15) is 9.18 Å². The average molecular weight is 300 g/mol. The first-order valence-electron chi connectivity index (χ1n) is 6.53. The highest BCUT2D eigenvalue weighted by molar-refractivity contribution is 8.00. The molecule has 3 rings (SSSR count). The number of carbonyl (C=O) groups is 1. The van der Waals surface area contributed by atoms with Crippen molar-refractivity contribution in [2.75, 3.05) is 0 Å². The van der Waals surface area contributed by atoms with Crippen LogP contribution in [0.2, 0.25) is 0 Å². The van der Waals surface area contributed by atoms with E-state index < -0.39 is 0 Å². The summed E-state index contributed by atoms with van der Waals surface area (Å²) in [6.07, 6.45) is 3.69. The molecule has 1 unspecified atom stereocenters. The fraction of sp³-hybridized carbons (Fsp3) is 0.125. The molecular formula is C16H13FN2OS. The van der Waals surface area contributed by atoms with E-state index in [2.05, 4.69) is 4.98 Å². The molecule has 0 amide bonds. The van der Waals surface area contributed by atoms with Crippen LogP contribution in [-0.2, 0) is 0 Å². The van der Waals surface area contributed by atoms with Gasteiger partial charge in [-0.1, -0.05) is 17.8 Å². The number of carbonyl (C=O) groups excluding carboxylic acids is 1. The van der Waals surface area contributed by atoms with E-state index in [0.717, 1.165) is 10.7 Å². The van der Waals surface area contributed by atoms with Gasteiger partial charge in [0.1, 0.15) is 5.82 Å². The topological polar surface area (TPSA) is 34.4 Å². The number of thioether (sulfide) groups is 1. The molecule has 0 spiro atoms. The number of pyridine rings is 1. The lowest BCUT2D eigenvalue weighted by atomic mass is 10.1. The zero-order valence-corrected chi connectivity index (χ0v) is 12.2. The molecule has 2 aromatic heterocycles. The first-order valence-corrected chi connectivity index (χ1v) is 7.41. The molecule has 1 aromatic carbocycles. The molecule has 0 saturated heterocycles. The normalized spacial score (nSPS) is 12.5. The van der Waals surface area contributed by atoms with Gasteiger partial charge in [0.05, 0.1) is 17.0 Å². The van der Waals surface area contributed by atoms with Gasteiger partial charge in [0.25, 0.3) is 0 Å². The highest BCUT2D eigenvalue weighted by atomic mass is 32.2. The van der Waals surface area contributed by atoms with E-state index in [0.29, 0.717) is 5.56 Å². The Hall–Kier alpha value is -2.14. The molecule has 0 N–H and O–H groups in total. The molecule has 2 heterocycles. The van der Waals surface area contributed by atoms with Crippen LogP contribution < -0.4 is 0 Å². The van der Waals surface area contributed by atoms with Crippen molar-refractivity contribution in [3.8, 4) is 0 Å². The Morgan fingerprint density at radius 3 is 2.76 bits per heavy atom. The lowest BCUT2D eigenvalue weighted by Gasteiger charge is -2.09. The van der Waals surface area contributed by atoms with Crippen molar-refractivity contribution < 1.29 is 9.18 Å². The summed E-state index contributed by atoms with van der Waals surface area (Å²) < 4.78 is 14.8. The maximum atomic E-state index is 12.9. The molecule has 5 heteroatoms. The first kappa shape index (κ1) is 13.8. The molecule has 21 heavy (non-hydrogen) atoms. The number of hydrogen-bond acceptors (Lipinski definition) is 3. The predicted molar refractivity (Wildman–Crippen MR) is 81.2 cm³/mol. The monoisotopic (exact) mass is 300 g/mol. The summed E-state index contributed by atoms with van der Waals surface area (Å²) in [6.45, 7) is 1.83. The Kier molecular flexibility index (Phi) is 3.75. The van der Waals surface area contributed by atoms with E-state index in [1.807, 2.05) is 35.7 Å². The van der Waals surface area contributed by atoms with Crippen LogP contribution in [0.3, 0.4) is 0 Å². The molecule has 106 valence electrons. The lowest BCUT2D eigenvalue weighted by molar-refractivity contribution is 0.0994. The van der Waals surface area contributed by atoms with Crippen LogP contribution >= 0.6 is 11.8 Å². The summed E-state index contributed by atoms with van der Waals surface area (Å²) in [6, 6.07) is 11.5. The van der Waals surface area contributed by atoms with Crippen molar-refractivity contribution in [1.29, 1.82) is 0 Å². The molecule has 3 nitrogen and oxygen atoms in total. The zero-order valence-electron chi connectivity index (χ0n) is 11.4. The Morgan fingerprint density at radius 1 is 1.24 bits per heavy atom. The average Bonchev–Trinajstić information content (AvgIpc) is 2.91. The van der Waals surface area contributed by atoms with Crippen molar-refractivity contribution in [2.45, 2.75) is 17.3 Å². The third kappa shape index (κ3) is 2.83. The highest BCUT2D eigenvalue weighted by Crippen LogP contribution is 2.25. The fourth-order valence-electron chi connectivity index (χ4n) is 2.07. The van der Waals surface area contributed by atoms with Gasteiger partial charge in [0.15, 0.2) is 10.9 Å². The fourth-order valence-corrected chi connectivity index (χ4v) is 3.02. The standard InChI is InChI=1S/C16H13FN2OS/c1-11(15(20)12-5-7-13(17)8-6-12)21-16-18-10-14-4-2-3-9-19(14)16/h2-11H,1H3. The second kappa shape index (κ2) is 5.69. The maximum Gasteiger partial charge on any atom is 0.175 e. The third-order valence-corrected chi connectivity index (χ3v) is 4.27. The first-order chi connectivity index (χ1) is 10.1. The van der Waals surface area contributed by atoms with Gasteiger partial charge in [-0.2, -0.15) is 0 Å². The molecule has 0 aliphatic heterocycles. The minimum Gasteiger partial charge on any atom is -0.295 e. The number of nitrogens with zero attached hydrogens (tertiary/aromatic N) is 2. The Balaban J connectivity index is 1.81. The number of ketones is 1.